The number of nitrogens with one attached hydrogen (secondary N) is 2. The third kappa shape index (κ3) is 3.28. The molecule has 1 aromatic carbocycles. The van der Waals surface area contributed by atoms with E-state index < -0.39 is 0 Å². The molecule has 2 heterocycles. The molecule has 1 aliphatic carbocycles. The fraction of sp³-hybridized carbons (Fsp3) is 0.632. The summed E-state index contributed by atoms with van der Waals surface area (Å²) in [6.45, 7) is 2.16. The van der Waals surface area contributed by atoms with E-state index in [9.17, 15) is 4.79 Å². The number of fused-ring (bicyclic) bond motifs is 1. The van der Waals surface area contributed by atoms with Gasteiger partial charge in [0, 0.05) is 31.0 Å². The summed E-state index contributed by atoms with van der Waals surface area (Å²) < 4.78 is 11.8. The van der Waals surface area contributed by atoms with E-state index in [1.165, 1.54) is 12.8 Å². The standard InChI is InChI=1S/C19H26N2O3/c22-18(11-14-13-23-10-9-20-14)21-16-12-19(7-3-4-8-19)24-17-6-2-1-5-15(16)17/h1-2,5-6,14,16,20H,3-4,7-13H2,(H,21,22). The van der Waals surface area contributed by atoms with Crippen LogP contribution in [0.1, 0.15) is 50.1 Å². The minimum Gasteiger partial charge on any atom is -0.487 e. The molecule has 4 rings (SSSR count). The lowest BCUT2D eigenvalue weighted by Gasteiger charge is -2.40. The molecular weight excluding hydrogens is 304 g/mol. The van der Waals surface area contributed by atoms with Crippen LogP contribution in [0.5, 0.6) is 5.75 Å². The zero-order valence-electron chi connectivity index (χ0n) is 14.1. The molecule has 1 saturated heterocycles. The van der Waals surface area contributed by atoms with Crippen molar-refractivity contribution in [3.63, 3.8) is 0 Å². The molecule has 1 amide bonds. The maximum absolute atomic E-state index is 12.5. The molecule has 2 unspecified atom stereocenters. The second-order valence-corrected chi connectivity index (χ2v) is 7.28. The highest BCUT2D eigenvalue weighted by Crippen LogP contribution is 2.46. The van der Waals surface area contributed by atoms with Gasteiger partial charge in [0.15, 0.2) is 0 Å². The number of benzene rings is 1. The summed E-state index contributed by atoms with van der Waals surface area (Å²) in [5.41, 5.74) is 1.02. The van der Waals surface area contributed by atoms with Gasteiger partial charge in [0.1, 0.15) is 11.4 Å². The summed E-state index contributed by atoms with van der Waals surface area (Å²) in [4.78, 5) is 12.5. The van der Waals surface area contributed by atoms with Gasteiger partial charge in [-0.1, -0.05) is 18.2 Å². The molecule has 3 aliphatic rings. The number of carbonyl (C=O) groups is 1. The molecule has 0 aromatic heterocycles. The molecule has 1 saturated carbocycles. The molecule has 1 spiro atoms. The molecule has 5 heteroatoms. The molecule has 2 aliphatic heterocycles. The zero-order valence-corrected chi connectivity index (χ0v) is 14.1. The molecule has 130 valence electrons. The molecule has 0 bridgehead atoms. The number of carbonyl (C=O) groups excluding carboxylic acids is 1. The monoisotopic (exact) mass is 330 g/mol. The average Bonchev–Trinajstić information content (AvgIpc) is 3.03. The summed E-state index contributed by atoms with van der Waals surface area (Å²) in [5, 5.41) is 6.60. The van der Waals surface area contributed by atoms with Crippen LogP contribution >= 0.6 is 0 Å². The number of hydrogen-bond donors (Lipinski definition) is 2. The first-order valence-corrected chi connectivity index (χ1v) is 9.13. The first kappa shape index (κ1) is 15.9. The van der Waals surface area contributed by atoms with Gasteiger partial charge < -0.3 is 20.1 Å². The van der Waals surface area contributed by atoms with Gasteiger partial charge in [0.25, 0.3) is 0 Å². The molecule has 1 aromatic rings. The van der Waals surface area contributed by atoms with E-state index in [0.717, 1.165) is 43.7 Å². The number of hydrogen-bond acceptors (Lipinski definition) is 4. The van der Waals surface area contributed by atoms with Crippen molar-refractivity contribution in [2.75, 3.05) is 19.8 Å². The van der Waals surface area contributed by atoms with Gasteiger partial charge in [0.05, 0.1) is 19.3 Å². The summed E-state index contributed by atoms with van der Waals surface area (Å²) in [5.74, 6) is 1.03. The van der Waals surface area contributed by atoms with E-state index in [-0.39, 0.29) is 23.6 Å². The van der Waals surface area contributed by atoms with Crippen molar-refractivity contribution < 1.29 is 14.3 Å². The van der Waals surface area contributed by atoms with Gasteiger partial charge in [-0.15, -0.1) is 0 Å². The number of para-hydroxylation sites is 1. The Labute approximate surface area is 143 Å². The van der Waals surface area contributed by atoms with Crippen LogP contribution in [-0.2, 0) is 9.53 Å². The van der Waals surface area contributed by atoms with Gasteiger partial charge in [-0.05, 0) is 31.7 Å². The largest absolute Gasteiger partial charge is 0.487 e. The summed E-state index contributed by atoms with van der Waals surface area (Å²) in [6, 6.07) is 8.30. The van der Waals surface area contributed by atoms with Crippen molar-refractivity contribution >= 4 is 5.91 Å². The van der Waals surface area contributed by atoms with E-state index in [1.54, 1.807) is 0 Å². The normalized spacial score (nSPS) is 28.2. The molecule has 24 heavy (non-hydrogen) atoms. The van der Waals surface area contributed by atoms with Crippen molar-refractivity contribution in [3.05, 3.63) is 29.8 Å². The molecule has 0 radical (unpaired) electrons. The third-order valence-electron chi connectivity index (χ3n) is 5.48. The average molecular weight is 330 g/mol. The molecular formula is C19H26N2O3. The van der Waals surface area contributed by atoms with Gasteiger partial charge in [-0.2, -0.15) is 0 Å². The lowest BCUT2D eigenvalue weighted by atomic mass is 9.86. The van der Waals surface area contributed by atoms with E-state index in [1.807, 2.05) is 18.2 Å². The maximum Gasteiger partial charge on any atom is 0.222 e. The molecule has 2 N–H and O–H groups in total. The molecule has 5 nitrogen and oxygen atoms in total. The van der Waals surface area contributed by atoms with Crippen LogP contribution in [0, 0.1) is 0 Å². The number of ether oxygens (including phenoxy) is 2. The van der Waals surface area contributed by atoms with Crippen molar-refractivity contribution in [1.82, 2.24) is 10.6 Å². The van der Waals surface area contributed by atoms with E-state index in [0.29, 0.717) is 13.0 Å². The fourth-order valence-corrected chi connectivity index (χ4v) is 4.30. The highest BCUT2D eigenvalue weighted by atomic mass is 16.5. The number of rotatable bonds is 3. The second kappa shape index (κ2) is 6.73. The maximum atomic E-state index is 12.5. The SMILES string of the molecule is O=C(CC1COCCN1)NC1CC2(CCCC2)Oc2ccccc21. The van der Waals surface area contributed by atoms with Gasteiger partial charge in [0.2, 0.25) is 5.91 Å². The topological polar surface area (TPSA) is 59.6 Å². The second-order valence-electron chi connectivity index (χ2n) is 7.28. The highest BCUT2D eigenvalue weighted by Gasteiger charge is 2.43. The quantitative estimate of drug-likeness (QED) is 0.893. The first-order chi connectivity index (χ1) is 11.7. The minimum atomic E-state index is -0.0848. The fourth-order valence-electron chi connectivity index (χ4n) is 4.30. The van der Waals surface area contributed by atoms with E-state index in [4.69, 9.17) is 9.47 Å². The zero-order chi connectivity index (χ0) is 16.4. The Balaban J connectivity index is 1.47. The van der Waals surface area contributed by atoms with E-state index >= 15 is 0 Å². The first-order valence-electron chi connectivity index (χ1n) is 9.13. The summed E-state index contributed by atoms with van der Waals surface area (Å²) in [6.07, 6.45) is 5.95. The molecule has 2 fully saturated rings. The predicted molar refractivity (Wildman–Crippen MR) is 91.0 cm³/mol. The van der Waals surface area contributed by atoms with Gasteiger partial charge >= 0.3 is 0 Å². The summed E-state index contributed by atoms with van der Waals surface area (Å²) >= 11 is 0. The third-order valence-corrected chi connectivity index (χ3v) is 5.48. The Morgan fingerprint density at radius 3 is 2.92 bits per heavy atom. The summed E-state index contributed by atoms with van der Waals surface area (Å²) in [7, 11) is 0. The smallest absolute Gasteiger partial charge is 0.222 e. The Morgan fingerprint density at radius 1 is 1.29 bits per heavy atom. The van der Waals surface area contributed by atoms with Gasteiger partial charge in [-0.3, -0.25) is 4.79 Å². The van der Waals surface area contributed by atoms with E-state index in [2.05, 4.69) is 16.7 Å². The van der Waals surface area contributed by atoms with Crippen LogP contribution in [0.4, 0.5) is 0 Å². The Hall–Kier alpha value is -1.59. The van der Waals surface area contributed by atoms with Gasteiger partial charge in [-0.25, -0.2) is 0 Å². The van der Waals surface area contributed by atoms with Crippen molar-refractivity contribution in [2.45, 2.75) is 56.2 Å². The van der Waals surface area contributed by atoms with Crippen molar-refractivity contribution in [2.24, 2.45) is 0 Å². The Bertz CT molecular complexity index is 592. The Morgan fingerprint density at radius 2 is 2.12 bits per heavy atom. The van der Waals surface area contributed by atoms with Crippen LogP contribution in [0.2, 0.25) is 0 Å². The minimum absolute atomic E-state index is 0.0464. The highest BCUT2D eigenvalue weighted by molar-refractivity contribution is 5.77. The number of morpholine rings is 1. The van der Waals surface area contributed by atoms with Crippen LogP contribution in [0.15, 0.2) is 24.3 Å². The van der Waals surface area contributed by atoms with Crippen molar-refractivity contribution in [3.8, 4) is 5.75 Å². The lowest BCUT2D eigenvalue weighted by Crippen LogP contribution is -2.47. The van der Waals surface area contributed by atoms with Crippen LogP contribution in [-0.4, -0.2) is 37.3 Å². The predicted octanol–water partition coefficient (Wildman–Crippen LogP) is 2.32. The number of amides is 1. The van der Waals surface area contributed by atoms with Crippen LogP contribution in [0.25, 0.3) is 0 Å². The molecule has 2 atom stereocenters. The lowest BCUT2D eigenvalue weighted by molar-refractivity contribution is -0.123. The Kier molecular flexibility index (Phi) is 4.46. The van der Waals surface area contributed by atoms with Crippen LogP contribution < -0.4 is 15.4 Å². The van der Waals surface area contributed by atoms with Crippen LogP contribution in [0.3, 0.4) is 0 Å². The van der Waals surface area contributed by atoms with Crippen molar-refractivity contribution in [1.29, 1.82) is 0 Å².